The highest BCUT2D eigenvalue weighted by Crippen LogP contribution is 2.44. The molecule has 1 heterocycles. The predicted octanol–water partition coefficient (Wildman–Crippen LogP) is 3.73. The van der Waals surface area contributed by atoms with Crippen molar-refractivity contribution in [3.05, 3.63) is 95.6 Å². The average Bonchev–Trinajstić information content (AvgIpc) is 3.60. The number of esters is 1. The Morgan fingerprint density at radius 2 is 1.55 bits per heavy atom. The Morgan fingerprint density at radius 1 is 0.929 bits per heavy atom. The summed E-state index contributed by atoms with van der Waals surface area (Å²) in [6.45, 7) is -0.115. The number of hydrogen-bond donors (Lipinski definition) is 2. The molecule has 10 heteroatoms. The summed E-state index contributed by atoms with van der Waals surface area (Å²) < 4.78 is 16.2. The number of ether oxygens (including phenoxy) is 3. The van der Waals surface area contributed by atoms with Crippen molar-refractivity contribution in [3.8, 4) is 11.1 Å². The first kappa shape index (κ1) is 28.8. The minimum Gasteiger partial charge on any atom is -0.479 e. The van der Waals surface area contributed by atoms with E-state index in [9.17, 15) is 24.3 Å². The van der Waals surface area contributed by atoms with Gasteiger partial charge in [0.2, 0.25) is 5.91 Å². The number of fused-ring (bicyclic) bond motifs is 3. The molecule has 1 saturated heterocycles. The zero-order valence-corrected chi connectivity index (χ0v) is 23.2. The van der Waals surface area contributed by atoms with E-state index in [4.69, 9.17) is 14.2 Å². The first-order valence-electron chi connectivity index (χ1n) is 13.7. The number of rotatable bonds is 10. The molecule has 0 bridgehead atoms. The average molecular weight is 573 g/mol. The van der Waals surface area contributed by atoms with Gasteiger partial charge in [0.15, 0.2) is 5.60 Å². The molecule has 2 amide bonds. The quantitative estimate of drug-likeness (QED) is 0.352. The van der Waals surface area contributed by atoms with Crippen LogP contribution in [0.3, 0.4) is 0 Å². The molecule has 42 heavy (non-hydrogen) atoms. The van der Waals surface area contributed by atoms with Crippen molar-refractivity contribution >= 4 is 23.9 Å². The molecule has 1 fully saturated rings. The summed E-state index contributed by atoms with van der Waals surface area (Å²) in [7, 11) is 1.27. The van der Waals surface area contributed by atoms with Crippen LogP contribution in [0.5, 0.6) is 0 Å². The Morgan fingerprint density at radius 3 is 2.14 bits per heavy atom. The van der Waals surface area contributed by atoms with Gasteiger partial charge in [-0.25, -0.2) is 9.59 Å². The van der Waals surface area contributed by atoms with E-state index in [-0.39, 0.29) is 38.6 Å². The molecule has 3 aromatic carbocycles. The Labute approximate surface area is 243 Å². The van der Waals surface area contributed by atoms with Gasteiger partial charge >= 0.3 is 18.0 Å². The normalized spacial score (nSPS) is 18.1. The second kappa shape index (κ2) is 12.4. The van der Waals surface area contributed by atoms with Crippen LogP contribution in [-0.2, 0) is 35.2 Å². The number of aliphatic carboxylic acids is 1. The second-order valence-corrected chi connectivity index (χ2v) is 10.4. The number of alkyl carbamates (subject to hydrolysis) is 1. The molecule has 10 nitrogen and oxygen atoms in total. The standard InChI is InChI=1S/C32H32N2O8/c1-40-32(30(37)38)15-16-34(20-32)29(36)27(17-28(35)41-18-21-9-3-2-4-10-21)33-31(39)42-19-26-24-13-7-5-11-22(24)23-12-6-8-14-25(23)26/h2-14,26-27H,15-20H2,1H3,(H,33,39)(H,37,38)/t27-,32?/m0/s1. The van der Waals surface area contributed by atoms with Crippen LogP contribution < -0.4 is 5.32 Å². The summed E-state index contributed by atoms with van der Waals surface area (Å²) in [5, 5.41) is 12.2. The van der Waals surface area contributed by atoms with Crippen LogP contribution in [0.1, 0.15) is 35.4 Å². The number of amides is 2. The van der Waals surface area contributed by atoms with Crippen LogP contribution in [0.2, 0.25) is 0 Å². The van der Waals surface area contributed by atoms with Gasteiger partial charge in [-0.1, -0.05) is 78.9 Å². The highest BCUT2D eigenvalue weighted by Gasteiger charge is 2.48. The zero-order valence-electron chi connectivity index (χ0n) is 23.2. The fourth-order valence-electron chi connectivity index (χ4n) is 5.57. The van der Waals surface area contributed by atoms with Gasteiger partial charge in [-0.15, -0.1) is 0 Å². The fraction of sp³-hybridized carbons (Fsp3) is 0.312. The molecule has 0 saturated carbocycles. The maximum Gasteiger partial charge on any atom is 0.407 e. The maximum atomic E-state index is 13.5. The minimum absolute atomic E-state index is 0.00103. The third-order valence-corrected chi connectivity index (χ3v) is 7.87. The van der Waals surface area contributed by atoms with E-state index in [2.05, 4.69) is 5.32 Å². The molecule has 5 rings (SSSR count). The number of carboxylic acid groups (broad SMARTS) is 1. The number of nitrogens with one attached hydrogen (secondary N) is 1. The van der Waals surface area contributed by atoms with Crippen LogP contribution in [-0.4, -0.2) is 72.4 Å². The van der Waals surface area contributed by atoms with Crippen molar-refractivity contribution in [1.82, 2.24) is 10.2 Å². The molecule has 1 aliphatic carbocycles. The zero-order chi connectivity index (χ0) is 29.7. The van der Waals surface area contributed by atoms with E-state index in [1.54, 1.807) is 12.1 Å². The SMILES string of the molecule is COC1(C(=O)O)CCN(C(=O)[C@H](CC(=O)OCc2ccccc2)NC(=O)OCC2c3ccccc3-c3ccccc32)C1. The molecule has 0 radical (unpaired) electrons. The minimum atomic E-state index is -1.56. The molecule has 3 aromatic rings. The summed E-state index contributed by atoms with van der Waals surface area (Å²) in [4.78, 5) is 52.4. The van der Waals surface area contributed by atoms with Gasteiger partial charge in [0.1, 0.15) is 19.3 Å². The lowest BCUT2D eigenvalue weighted by molar-refractivity contribution is -0.161. The van der Waals surface area contributed by atoms with Gasteiger partial charge in [0.05, 0.1) is 13.0 Å². The Kier molecular flexibility index (Phi) is 8.53. The largest absolute Gasteiger partial charge is 0.479 e. The molecule has 2 atom stereocenters. The number of methoxy groups -OCH3 is 1. The highest BCUT2D eigenvalue weighted by atomic mass is 16.6. The lowest BCUT2D eigenvalue weighted by atomic mass is 9.98. The molecule has 2 N–H and O–H groups in total. The molecule has 2 aliphatic rings. The van der Waals surface area contributed by atoms with Crippen LogP contribution in [0.15, 0.2) is 78.9 Å². The number of carbonyl (C=O) groups is 4. The predicted molar refractivity (Wildman–Crippen MR) is 151 cm³/mol. The first-order valence-corrected chi connectivity index (χ1v) is 13.7. The molecular weight excluding hydrogens is 540 g/mol. The fourth-order valence-corrected chi connectivity index (χ4v) is 5.57. The van der Waals surface area contributed by atoms with Crippen molar-refractivity contribution in [3.63, 3.8) is 0 Å². The number of nitrogens with zero attached hydrogens (tertiary/aromatic N) is 1. The maximum absolute atomic E-state index is 13.5. The molecule has 1 unspecified atom stereocenters. The van der Waals surface area contributed by atoms with Gasteiger partial charge in [0, 0.05) is 26.0 Å². The first-order chi connectivity index (χ1) is 20.3. The van der Waals surface area contributed by atoms with E-state index in [0.29, 0.717) is 0 Å². The van der Waals surface area contributed by atoms with Crippen molar-refractivity contribution in [2.24, 2.45) is 0 Å². The highest BCUT2D eigenvalue weighted by molar-refractivity contribution is 5.91. The third kappa shape index (κ3) is 5.99. The summed E-state index contributed by atoms with van der Waals surface area (Å²) in [6.07, 6.45) is -1.26. The van der Waals surface area contributed by atoms with E-state index in [0.717, 1.165) is 27.8 Å². The lowest BCUT2D eigenvalue weighted by Gasteiger charge is -2.26. The summed E-state index contributed by atoms with van der Waals surface area (Å²) >= 11 is 0. The topological polar surface area (TPSA) is 131 Å². The van der Waals surface area contributed by atoms with Crippen LogP contribution in [0.25, 0.3) is 11.1 Å². The van der Waals surface area contributed by atoms with Crippen molar-refractivity contribution in [2.45, 2.75) is 37.0 Å². The van der Waals surface area contributed by atoms with E-state index in [1.807, 2.05) is 66.7 Å². The van der Waals surface area contributed by atoms with Crippen LogP contribution in [0.4, 0.5) is 4.79 Å². The lowest BCUT2D eigenvalue weighted by Crippen LogP contribution is -2.51. The van der Waals surface area contributed by atoms with Gasteiger partial charge in [-0.2, -0.15) is 0 Å². The number of carboxylic acids is 1. The Hall–Kier alpha value is -4.70. The summed E-state index contributed by atoms with van der Waals surface area (Å²) in [6, 6.07) is 23.5. The van der Waals surface area contributed by atoms with Gasteiger partial charge < -0.3 is 29.5 Å². The van der Waals surface area contributed by atoms with Gasteiger partial charge in [0.25, 0.3) is 0 Å². The van der Waals surface area contributed by atoms with Crippen molar-refractivity contribution < 1.29 is 38.5 Å². The second-order valence-electron chi connectivity index (χ2n) is 10.4. The van der Waals surface area contributed by atoms with E-state index < -0.39 is 42.0 Å². The third-order valence-electron chi connectivity index (χ3n) is 7.87. The van der Waals surface area contributed by atoms with E-state index in [1.165, 1.54) is 12.0 Å². The van der Waals surface area contributed by atoms with Gasteiger partial charge in [-0.05, 0) is 27.8 Å². The summed E-state index contributed by atoms with van der Waals surface area (Å²) in [5.41, 5.74) is 3.42. The van der Waals surface area contributed by atoms with Crippen molar-refractivity contribution in [1.29, 1.82) is 0 Å². The summed E-state index contributed by atoms with van der Waals surface area (Å²) in [5.74, 6) is -2.71. The van der Waals surface area contributed by atoms with Gasteiger partial charge in [-0.3, -0.25) is 9.59 Å². The molecule has 218 valence electrons. The number of hydrogen-bond acceptors (Lipinski definition) is 7. The number of carbonyl (C=O) groups excluding carboxylic acids is 3. The number of benzene rings is 3. The number of likely N-dealkylation sites (tertiary alicyclic amines) is 1. The van der Waals surface area contributed by atoms with Crippen molar-refractivity contribution in [2.75, 3.05) is 26.8 Å². The monoisotopic (exact) mass is 572 g/mol. The Bertz CT molecular complexity index is 1430. The molecule has 1 aliphatic heterocycles. The molecular formula is C32H32N2O8. The molecule has 0 spiro atoms. The van der Waals surface area contributed by atoms with E-state index >= 15 is 0 Å². The van der Waals surface area contributed by atoms with Crippen LogP contribution in [0, 0.1) is 0 Å². The van der Waals surface area contributed by atoms with Crippen LogP contribution >= 0.6 is 0 Å². The Balaban J connectivity index is 1.27. The molecule has 0 aromatic heterocycles. The smallest absolute Gasteiger partial charge is 0.407 e.